The fourth-order valence-corrected chi connectivity index (χ4v) is 5.89. The molecule has 26 heavy (non-hydrogen) atoms. The molecule has 0 saturated heterocycles. The lowest BCUT2D eigenvalue weighted by Crippen LogP contribution is -2.25. The summed E-state index contributed by atoms with van der Waals surface area (Å²) in [6.45, 7) is 2.30. The van der Waals surface area contributed by atoms with Crippen LogP contribution in [0.15, 0.2) is 12.1 Å². The van der Waals surface area contributed by atoms with Gasteiger partial charge < -0.3 is 0 Å². The molecule has 0 N–H and O–H groups in total. The molecule has 2 aliphatic carbocycles. The van der Waals surface area contributed by atoms with E-state index in [0.29, 0.717) is 21.5 Å². The molecule has 0 aromatic heterocycles. The lowest BCUT2D eigenvalue weighted by atomic mass is 9.68. The summed E-state index contributed by atoms with van der Waals surface area (Å²) >= 11 is 12.5. The van der Waals surface area contributed by atoms with E-state index in [1.165, 1.54) is 76.2 Å². The predicted octanol–water partition coefficient (Wildman–Crippen LogP) is 8.14. The zero-order valence-electron chi connectivity index (χ0n) is 15.9. The molecule has 2 saturated carbocycles. The minimum atomic E-state index is 0.408. The van der Waals surface area contributed by atoms with E-state index in [1.807, 2.05) is 12.1 Å². The maximum atomic E-state index is 9.13. The molecular weight excluding hydrogens is 361 g/mol. The van der Waals surface area contributed by atoms with E-state index in [0.717, 1.165) is 17.8 Å². The van der Waals surface area contributed by atoms with E-state index in [2.05, 4.69) is 13.0 Å². The van der Waals surface area contributed by atoms with Crippen molar-refractivity contribution in [1.29, 1.82) is 5.26 Å². The van der Waals surface area contributed by atoms with E-state index >= 15 is 0 Å². The van der Waals surface area contributed by atoms with E-state index in [-0.39, 0.29) is 0 Å². The van der Waals surface area contributed by atoms with Crippen LogP contribution >= 0.6 is 23.2 Å². The van der Waals surface area contributed by atoms with Crippen LogP contribution in [0, 0.1) is 29.1 Å². The predicted molar refractivity (Wildman–Crippen MR) is 111 cm³/mol. The van der Waals surface area contributed by atoms with Crippen molar-refractivity contribution in [3.63, 3.8) is 0 Å². The molecule has 0 amide bonds. The number of hydrogen-bond donors (Lipinski definition) is 0. The van der Waals surface area contributed by atoms with Gasteiger partial charge in [0.25, 0.3) is 0 Å². The van der Waals surface area contributed by atoms with Crippen LogP contribution < -0.4 is 0 Å². The summed E-state index contributed by atoms with van der Waals surface area (Å²) in [5.74, 6) is 3.44. The van der Waals surface area contributed by atoms with Crippen molar-refractivity contribution in [2.45, 2.75) is 83.5 Å². The third-order valence-corrected chi connectivity index (χ3v) is 7.54. The molecule has 0 unspecified atom stereocenters. The van der Waals surface area contributed by atoms with Crippen molar-refractivity contribution < 1.29 is 0 Å². The van der Waals surface area contributed by atoms with Gasteiger partial charge in [-0.15, -0.1) is 0 Å². The Balaban J connectivity index is 1.52. The standard InChI is InChI=1S/C23H31Cl2N/c1-2-3-4-16-5-7-17(8-6-16)18-9-11-19(12-10-18)20-13-22(24)21(15-26)23(25)14-20/h13-14,16-19H,2-12H2,1H3/t16-,17-,18?,19?. The fraction of sp³-hybridized carbons (Fsp3) is 0.696. The van der Waals surface area contributed by atoms with Crippen LogP contribution in [0.5, 0.6) is 0 Å². The van der Waals surface area contributed by atoms with Gasteiger partial charge in [-0.1, -0.05) is 62.2 Å². The highest BCUT2D eigenvalue weighted by Gasteiger charge is 2.31. The van der Waals surface area contributed by atoms with Gasteiger partial charge in [0.1, 0.15) is 6.07 Å². The number of nitriles is 1. The molecule has 2 aliphatic rings. The molecule has 2 fully saturated rings. The second kappa shape index (κ2) is 9.48. The molecule has 1 aromatic rings. The van der Waals surface area contributed by atoms with Crippen molar-refractivity contribution in [1.82, 2.24) is 0 Å². The number of rotatable bonds is 5. The van der Waals surface area contributed by atoms with Crippen molar-refractivity contribution >= 4 is 23.2 Å². The second-order valence-corrected chi connectivity index (χ2v) is 9.32. The molecule has 142 valence electrons. The highest BCUT2D eigenvalue weighted by Crippen LogP contribution is 2.45. The van der Waals surface area contributed by atoms with Crippen LogP contribution in [0.2, 0.25) is 10.0 Å². The molecular formula is C23H31Cl2N. The minimum Gasteiger partial charge on any atom is -0.192 e. The summed E-state index contributed by atoms with van der Waals surface area (Å²) in [6, 6.07) is 6.03. The normalized spacial score (nSPS) is 29.3. The highest BCUT2D eigenvalue weighted by atomic mass is 35.5. The molecule has 0 heterocycles. The van der Waals surface area contributed by atoms with Crippen LogP contribution in [-0.2, 0) is 0 Å². The topological polar surface area (TPSA) is 23.8 Å². The Morgan fingerprint density at radius 3 is 1.96 bits per heavy atom. The Hall–Kier alpha value is -0.710. The number of hydrogen-bond acceptors (Lipinski definition) is 1. The largest absolute Gasteiger partial charge is 0.192 e. The number of halogens is 2. The SMILES string of the molecule is CCCC[C@H]1CC[C@H](C2CCC(c3cc(Cl)c(C#N)c(Cl)c3)CC2)CC1. The van der Waals surface area contributed by atoms with Crippen LogP contribution in [0.4, 0.5) is 0 Å². The Bertz CT molecular complexity index is 609. The van der Waals surface area contributed by atoms with Gasteiger partial charge in [-0.25, -0.2) is 0 Å². The van der Waals surface area contributed by atoms with E-state index in [1.54, 1.807) is 0 Å². The Morgan fingerprint density at radius 2 is 1.46 bits per heavy atom. The number of unbranched alkanes of at least 4 members (excludes halogenated alkanes) is 1. The third kappa shape index (κ3) is 4.76. The first-order valence-corrected chi connectivity index (χ1v) is 11.3. The molecule has 0 spiro atoms. The summed E-state index contributed by atoms with van der Waals surface area (Å²) in [6.07, 6.45) is 15.2. The highest BCUT2D eigenvalue weighted by molar-refractivity contribution is 6.36. The van der Waals surface area contributed by atoms with Crippen LogP contribution in [-0.4, -0.2) is 0 Å². The first kappa shape index (κ1) is 20.0. The summed E-state index contributed by atoms with van der Waals surface area (Å²) in [4.78, 5) is 0. The fourth-order valence-electron chi connectivity index (χ4n) is 5.30. The van der Waals surface area contributed by atoms with Gasteiger partial charge in [0.2, 0.25) is 0 Å². The van der Waals surface area contributed by atoms with Gasteiger partial charge in [-0.2, -0.15) is 5.26 Å². The average molecular weight is 392 g/mol. The molecule has 0 aliphatic heterocycles. The molecule has 0 bridgehead atoms. The van der Waals surface area contributed by atoms with Gasteiger partial charge in [0.05, 0.1) is 15.6 Å². The lowest BCUT2D eigenvalue weighted by Gasteiger charge is -2.38. The number of nitrogens with zero attached hydrogens (tertiary/aromatic N) is 1. The zero-order valence-corrected chi connectivity index (χ0v) is 17.5. The number of benzene rings is 1. The van der Waals surface area contributed by atoms with Gasteiger partial charge >= 0.3 is 0 Å². The average Bonchev–Trinajstić information content (AvgIpc) is 2.67. The summed E-state index contributed by atoms with van der Waals surface area (Å²) in [7, 11) is 0. The van der Waals surface area contributed by atoms with E-state index in [9.17, 15) is 0 Å². The van der Waals surface area contributed by atoms with Crippen LogP contribution in [0.3, 0.4) is 0 Å². The van der Waals surface area contributed by atoms with Crippen molar-refractivity contribution in [2.75, 3.05) is 0 Å². The van der Waals surface area contributed by atoms with Crippen molar-refractivity contribution in [2.24, 2.45) is 17.8 Å². The summed E-state index contributed by atoms with van der Waals surface area (Å²) in [5.41, 5.74) is 1.63. The van der Waals surface area contributed by atoms with Crippen LogP contribution in [0.25, 0.3) is 0 Å². The molecule has 3 rings (SSSR count). The van der Waals surface area contributed by atoms with Crippen LogP contribution in [0.1, 0.15) is 94.6 Å². The Labute approximate surface area is 169 Å². The quantitative estimate of drug-likeness (QED) is 0.496. The molecule has 1 nitrogen and oxygen atoms in total. The molecule has 0 radical (unpaired) electrons. The second-order valence-electron chi connectivity index (χ2n) is 8.51. The molecule has 0 atom stereocenters. The van der Waals surface area contributed by atoms with Gasteiger partial charge in [-0.05, 0) is 79.9 Å². The van der Waals surface area contributed by atoms with Gasteiger partial charge in [0, 0.05) is 0 Å². The maximum Gasteiger partial charge on any atom is 0.102 e. The first-order valence-electron chi connectivity index (χ1n) is 10.5. The molecule has 3 heteroatoms. The summed E-state index contributed by atoms with van der Waals surface area (Å²) in [5, 5.41) is 10.1. The Morgan fingerprint density at radius 1 is 0.923 bits per heavy atom. The Kier molecular flexibility index (Phi) is 7.30. The minimum absolute atomic E-state index is 0.408. The van der Waals surface area contributed by atoms with Crippen molar-refractivity contribution in [3.05, 3.63) is 33.3 Å². The first-order chi connectivity index (χ1) is 12.6. The lowest BCUT2D eigenvalue weighted by molar-refractivity contribution is 0.156. The summed E-state index contributed by atoms with van der Waals surface area (Å²) < 4.78 is 0. The van der Waals surface area contributed by atoms with Gasteiger partial charge in [0.15, 0.2) is 0 Å². The maximum absolute atomic E-state index is 9.13. The van der Waals surface area contributed by atoms with E-state index in [4.69, 9.17) is 28.5 Å². The van der Waals surface area contributed by atoms with E-state index < -0.39 is 0 Å². The zero-order chi connectivity index (χ0) is 18.5. The third-order valence-electron chi connectivity index (χ3n) is 6.94. The monoisotopic (exact) mass is 391 g/mol. The smallest absolute Gasteiger partial charge is 0.102 e. The van der Waals surface area contributed by atoms with Crippen molar-refractivity contribution in [3.8, 4) is 6.07 Å². The molecule has 1 aromatic carbocycles. The van der Waals surface area contributed by atoms with Gasteiger partial charge in [-0.3, -0.25) is 0 Å².